The molecule has 2 saturated heterocycles. The van der Waals surface area contributed by atoms with Gasteiger partial charge in [-0.15, -0.1) is 0 Å². The third-order valence-electron chi connectivity index (χ3n) is 6.06. The third-order valence-corrected chi connectivity index (χ3v) is 6.32. The quantitative estimate of drug-likeness (QED) is 0.512. The van der Waals surface area contributed by atoms with Crippen LogP contribution in [-0.4, -0.2) is 59.9 Å². The van der Waals surface area contributed by atoms with Crippen LogP contribution < -0.4 is 4.90 Å². The van der Waals surface area contributed by atoms with E-state index < -0.39 is 4.92 Å². The van der Waals surface area contributed by atoms with Gasteiger partial charge >= 0.3 is 0 Å². The summed E-state index contributed by atoms with van der Waals surface area (Å²) in [7, 11) is 0. The van der Waals surface area contributed by atoms with E-state index in [0.717, 1.165) is 62.7 Å². The molecule has 4 rings (SSSR count). The van der Waals surface area contributed by atoms with Crippen LogP contribution in [0.3, 0.4) is 0 Å². The molecule has 0 aliphatic carbocycles. The second kappa shape index (κ2) is 9.66. The molecule has 2 aromatic carbocycles. The zero-order chi connectivity index (χ0) is 21.8. The van der Waals surface area contributed by atoms with Crippen LogP contribution >= 0.6 is 11.6 Å². The van der Waals surface area contributed by atoms with Crippen molar-refractivity contribution in [3.8, 4) is 0 Å². The molecule has 0 radical (unpaired) electrons. The Morgan fingerprint density at radius 3 is 2.39 bits per heavy atom. The van der Waals surface area contributed by atoms with E-state index in [9.17, 15) is 14.9 Å². The number of carbonyl (C=O) groups excluding carboxylic acids is 1. The van der Waals surface area contributed by atoms with Gasteiger partial charge in [0.1, 0.15) is 0 Å². The first kappa shape index (κ1) is 21.6. The summed E-state index contributed by atoms with van der Waals surface area (Å²) in [4.78, 5) is 30.7. The number of non-ortho nitro benzene ring substituents is 1. The van der Waals surface area contributed by atoms with Crippen molar-refractivity contribution in [2.75, 3.05) is 44.2 Å². The van der Waals surface area contributed by atoms with Gasteiger partial charge in [-0.1, -0.05) is 23.7 Å². The lowest BCUT2D eigenvalue weighted by Crippen LogP contribution is -2.36. The summed E-state index contributed by atoms with van der Waals surface area (Å²) < 4.78 is 0. The van der Waals surface area contributed by atoms with Crippen molar-refractivity contribution in [1.82, 2.24) is 9.80 Å². The minimum absolute atomic E-state index is 0.0366. The molecule has 0 atom stereocenters. The largest absolute Gasteiger partial charge is 0.371 e. The molecule has 1 amide bonds. The van der Waals surface area contributed by atoms with Crippen molar-refractivity contribution >= 4 is 28.9 Å². The molecule has 0 unspecified atom stereocenters. The lowest BCUT2D eigenvalue weighted by Gasteiger charge is -2.26. The number of nitro benzene ring substituents is 1. The monoisotopic (exact) mass is 442 g/mol. The number of carbonyl (C=O) groups is 1. The predicted octanol–water partition coefficient (Wildman–Crippen LogP) is 4.20. The van der Waals surface area contributed by atoms with E-state index in [4.69, 9.17) is 11.6 Å². The minimum Gasteiger partial charge on any atom is -0.371 e. The van der Waals surface area contributed by atoms with Crippen LogP contribution in [-0.2, 0) is 6.54 Å². The molecular formula is C23H27ClN4O3. The Hall–Kier alpha value is -2.64. The van der Waals surface area contributed by atoms with Crippen molar-refractivity contribution in [2.24, 2.45) is 0 Å². The van der Waals surface area contributed by atoms with Crippen molar-refractivity contribution in [1.29, 1.82) is 0 Å². The van der Waals surface area contributed by atoms with Crippen LogP contribution in [0.5, 0.6) is 0 Å². The molecule has 2 fully saturated rings. The molecule has 31 heavy (non-hydrogen) atoms. The first-order valence-corrected chi connectivity index (χ1v) is 11.2. The number of nitro groups is 1. The van der Waals surface area contributed by atoms with Gasteiger partial charge in [0.2, 0.25) is 0 Å². The standard InChI is InChI=1S/C23H27ClN4O3/c24-19-6-4-18(5-7-19)17-25-10-3-13-27(15-14-25)23(29)21-16-20(28(30)31)8-9-22(21)26-11-1-2-12-26/h4-9,16H,1-3,10-15,17H2. The van der Waals surface area contributed by atoms with Crippen molar-refractivity contribution < 1.29 is 9.72 Å². The Morgan fingerprint density at radius 1 is 0.935 bits per heavy atom. The molecule has 0 aromatic heterocycles. The van der Waals surface area contributed by atoms with E-state index in [-0.39, 0.29) is 11.6 Å². The third kappa shape index (κ3) is 5.17. The van der Waals surface area contributed by atoms with Crippen molar-refractivity contribution in [3.63, 3.8) is 0 Å². The summed E-state index contributed by atoms with van der Waals surface area (Å²) in [6, 6.07) is 12.5. The normalized spacial score (nSPS) is 17.6. The second-order valence-corrected chi connectivity index (χ2v) is 8.64. The summed E-state index contributed by atoms with van der Waals surface area (Å²) >= 11 is 5.98. The zero-order valence-corrected chi connectivity index (χ0v) is 18.3. The van der Waals surface area contributed by atoms with Gasteiger partial charge in [-0.05, 0) is 43.0 Å². The topological polar surface area (TPSA) is 69.9 Å². The van der Waals surface area contributed by atoms with Crippen LogP contribution in [0.25, 0.3) is 0 Å². The van der Waals surface area contributed by atoms with E-state index in [2.05, 4.69) is 9.80 Å². The molecule has 2 aliphatic heterocycles. The Labute approximate surface area is 187 Å². The number of benzene rings is 2. The van der Waals surface area contributed by atoms with Gasteiger partial charge in [0.15, 0.2) is 0 Å². The maximum atomic E-state index is 13.5. The highest BCUT2D eigenvalue weighted by atomic mass is 35.5. The highest BCUT2D eigenvalue weighted by Crippen LogP contribution is 2.29. The number of hydrogen-bond donors (Lipinski definition) is 0. The first-order valence-electron chi connectivity index (χ1n) is 10.8. The van der Waals surface area contributed by atoms with Gasteiger partial charge in [0, 0.05) is 63.0 Å². The molecular weight excluding hydrogens is 416 g/mol. The Balaban J connectivity index is 1.49. The molecule has 7 nitrogen and oxygen atoms in total. The predicted molar refractivity (Wildman–Crippen MR) is 122 cm³/mol. The average Bonchev–Trinajstić information content (AvgIpc) is 3.21. The molecule has 2 heterocycles. The number of rotatable bonds is 5. The van der Waals surface area contributed by atoms with E-state index in [1.807, 2.05) is 29.2 Å². The van der Waals surface area contributed by atoms with Crippen LogP contribution in [0.15, 0.2) is 42.5 Å². The summed E-state index contributed by atoms with van der Waals surface area (Å²) in [5.74, 6) is -0.112. The van der Waals surface area contributed by atoms with Gasteiger partial charge in [-0.3, -0.25) is 19.8 Å². The van der Waals surface area contributed by atoms with E-state index >= 15 is 0 Å². The van der Waals surface area contributed by atoms with Crippen LogP contribution in [0.4, 0.5) is 11.4 Å². The number of anilines is 1. The molecule has 8 heteroatoms. The van der Waals surface area contributed by atoms with Gasteiger partial charge < -0.3 is 9.80 Å². The zero-order valence-electron chi connectivity index (χ0n) is 17.5. The van der Waals surface area contributed by atoms with E-state index in [1.54, 1.807) is 6.07 Å². The summed E-state index contributed by atoms with van der Waals surface area (Å²) in [5.41, 5.74) is 2.42. The minimum atomic E-state index is -0.430. The molecule has 0 saturated carbocycles. The molecule has 164 valence electrons. The smallest absolute Gasteiger partial charge is 0.270 e. The first-order chi connectivity index (χ1) is 15.0. The fourth-order valence-corrected chi connectivity index (χ4v) is 4.52. The molecule has 0 spiro atoms. The molecule has 2 aliphatic rings. The average molecular weight is 443 g/mol. The lowest BCUT2D eigenvalue weighted by molar-refractivity contribution is -0.384. The van der Waals surface area contributed by atoms with Gasteiger partial charge in [-0.25, -0.2) is 0 Å². The molecule has 0 N–H and O–H groups in total. The fourth-order valence-electron chi connectivity index (χ4n) is 4.39. The number of nitrogens with zero attached hydrogens (tertiary/aromatic N) is 4. The van der Waals surface area contributed by atoms with Crippen molar-refractivity contribution in [3.05, 3.63) is 68.7 Å². The van der Waals surface area contributed by atoms with Crippen LogP contribution in [0.2, 0.25) is 5.02 Å². The summed E-state index contributed by atoms with van der Waals surface area (Å²) in [6.07, 6.45) is 3.02. The number of halogens is 1. The van der Waals surface area contributed by atoms with E-state index in [0.29, 0.717) is 18.7 Å². The van der Waals surface area contributed by atoms with Crippen molar-refractivity contribution in [2.45, 2.75) is 25.8 Å². The molecule has 2 aromatic rings. The number of amides is 1. The van der Waals surface area contributed by atoms with Gasteiger partial charge in [-0.2, -0.15) is 0 Å². The Bertz CT molecular complexity index is 944. The van der Waals surface area contributed by atoms with Gasteiger partial charge in [0.25, 0.3) is 11.6 Å². The highest BCUT2D eigenvalue weighted by Gasteiger charge is 2.27. The lowest BCUT2D eigenvalue weighted by atomic mass is 10.1. The van der Waals surface area contributed by atoms with Crippen LogP contribution in [0.1, 0.15) is 35.2 Å². The highest BCUT2D eigenvalue weighted by molar-refractivity contribution is 6.30. The van der Waals surface area contributed by atoms with E-state index in [1.165, 1.54) is 17.7 Å². The Kier molecular flexibility index (Phi) is 6.73. The van der Waals surface area contributed by atoms with Gasteiger partial charge in [0.05, 0.1) is 16.2 Å². The SMILES string of the molecule is O=C(c1cc([N+](=O)[O-])ccc1N1CCCC1)N1CCCN(Cc2ccc(Cl)cc2)CC1. The molecule has 0 bridgehead atoms. The Morgan fingerprint density at radius 2 is 1.68 bits per heavy atom. The second-order valence-electron chi connectivity index (χ2n) is 8.20. The summed E-state index contributed by atoms with van der Waals surface area (Å²) in [6.45, 7) is 5.50. The fraction of sp³-hybridized carbons (Fsp3) is 0.435. The number of hydrogen-bond acceptors (Lipinski definition) is 5. The van der Waals surface area contributed by atoms with Crippen LogP contribution in [0, 0.1) is 10.1 Å². The maximum absolute atomic E-state index is 13.5. The summed E-state index contributed by atoms with van der Waals surface area (Å²) in [5, 5.41) is 12.1. The maximum Gasteiger partial charge on any atom is 0.270 e.